The minimum Gasteiger partial charge on any atom is -0.484 e. The van der Waals surface area contributed by atoms with E-state index in [-0.39, 0.29) is 18.3 Å². The molecule has 0 atom stereocenters. The third kappa shape index (κ3) is 5.22. The molecule has 0 aliphatic heterocycles. The highest BCUT2D eigenvalue weighted by molar-refractivity contribution is 9.10. The first-order chi connectivity index (χ1) is 12.6. The van der Waals surface area contributed by atoms with Crippen LogP contribution >= 0.6 is 31.9 Å². The number of hydrogen-bond acceptors (Lipinski definition) is 4. The van der Waals surface area contributed by atoms with Gasteiger partial charge in [0.05, 0.1) is 15.1 Å². The van der Waals surface area contributed by atoms with Crippen LogP contribution < -0.4 is 10.1 Å². The fourth-order valence-corrected chi connectivity index (χ4v) is 3.01. The second-order valence-corrected chi connectivity index (χ2v) is 7.29. The van der Waals surface area contributed by atoms with Gasteiger partial charge in [-0.25, -0.2) is 0 Å². The number of ether oxygens (including phenoxy) is 1. The molecule has 1 N–H and O–H groups in total. The maximum Gasteiger partial charge on any atom is 0.286 e. The number of nitrogens with zero attached hydrogens (tertiary/aromatic N) is 2. The van der Waals surface area contributed by atoms with Gasteiger partial charge >= 0.3 is 0 Å². The van der Waals surface area contributed by atoms with E-state index in [1.807, 2.05) is 35.1 Å². The van der Waals surface area contributed by atoms with Crippen molar-refractivity contribution in [3.8, 4) is 5.75 Å². The topological polar surface area (TPSA) is 69.3 Å². The maximum absolute atomic E-state index is 12.1. The van der Waals surface area contributed by atoms with E-state index in [0.29, 0.717) is 12.3 Å². The molecule has 3 rings (SSSR count). The molecule has 2 heterocycles. The van der Waals surface area contributed by atoms with E-state index < -0.39 is 0 Å². The Morgan fingerprint density at radius 3 is 2.85 bits per heavy atom. The molecule has 6 nitrogen and oxygen atoms in total. The number of hydrogen-bond donors (Lipinski definition) is 1. The van der Waals surface area contributed by atoms with Crippen molar-refractivity contribution < 1.29 is 13.9 Å². The van der Waals surface area contributed by atoms with Crippen LogP contribution in [0.25, 0.3) is 0 Å². The predicted molar refractivity (Wildman–Crippen MR) is 104 cm³/mol. The first-order valence-corrected chi connectivity index (χ1v) is 9.62. The molecule has 0 saturated heterocycles. The minimum absolute atomic E-state index is 0.237. The van der Waals surface area contributed by atoms with Gasteiger partial charge in [-0.15, -0.1) is 0 Å². The van der Waals surface area contributed by atoms with Gasteiger partial charge in [0, 0.05) is 19.3 Å². The summed E-state index contributed by atoms with van der Waals surface area (Å²) in [6, 6.07) is 11.0. The molecule has 8 heteroatoms. The van der Waals surface area contributed by atoms with Crippen molar-refractivity contribution in [1.29, 1.82) is 0 Å². The maximum atomic E-state index is 12.1. The van der Waals surface area contributed by atoms with Crippen LogP contribution in [0.4, 0.5) is 0 Å². The van der Waals surface area contributed by atoms with E-state index in [4.69, 9.17) is 9.15 Å². The van der Waals surface area contributed by atoms with Gasteiger partial charge in [-0.2, -0.15) is 5.10 Å². The van der Waals surface area contributed by atoms with Crippen molar-refractivity contribution in [3.63, 3.8) is 0 Å². The average molecular weight is 483 g/mol. The first kappa shape index (κ1) is 18.7. The van der Waals surface area contributed by atoms with Crippen LogP contribution in [-0.2, 0) is 13.2 Å². The number of nitrogens with one attached hydrogen (secondary N) is 1. The minimum atomic E-state index is -0.237. The van der Waals surface area contributed by atoms with Gasteiger partial charge in [0.25, 0.3) is 5.91 Å². The Kier molecular flexibility index (Phi) is 6.51. The number of para-hydroxylation sites is 1. The van der Waals surface area contributed by atoms with Crippen LogP contribution in [0.1, 0.15) is 22.7 Å². The van der Waals surface area contributed by atoms with E-state index in [2.05, 4.69) is 42.3 Å². The fourth-order valence-electron chi connectivity index (χ4n) is 2.28. The molecule has 0 fully saturated rings. The third-order valence-corrected chi connectivity index (χ3v) is 4.61. The lowest BCUT2D eigenvalue weighted by Gasteiger charge is -2.06. The quantitative estimate of drug-likeness (QED) is 0.483. The number of amides is 1. The van der Waals surface area contributed by atoms with Crippen LogP contribution in [0, 0.1) is 0 Å². The summed E-state index contributed by atoms with van der Waals surface area (Å²) in [5.74, 6) is 1.35. The molecule has 0 aliphatic carbocycles. The molecule has 1 aromatic carbocycles. The zero-order valence-electron chi connectivity index (χ0n) is 13.8. The van der Waals surface area contributed by atoms with Gasteiger partial charge < -0.3 is 14.5 Å². The Morgan fingerprint density at radius 1 is 1.23 bits per heavy atom. The van der Waals surface area contributed by atoms with Gasteiger partial charge in [-0.1, -0.05) is 12.1 Å². The standard InChI is InChI=1S/C18H17Br2N3O3/c19-13-10-22-23(11-13)9-3-8-21-18(24)17-7-6-14(26-17)12-25-16-5-2-1-4-15(16)20/h1-2,4-7,10-11H,3,8-9,12H2,(H,21,24). The molecular weight excluding hydrogens is 466 g/mol. The van der Waals surface area contributed by atoms with Crippen molar-refractivity contribution >= 4 is 37.8 Å². The zero-order chi connectivity index (χ0) is 18.4. The van der Waals surface area contributed by atoms with Gasteiger partial charge in [0.15, 0.2) is 5.76 Å². The monoisotopic (exact) mass is 481 g/mol. The number of halogens is 2. The van der Waals surface area contributed by atoms with E-state index in [9.17, 15) is 4.79 Å². The summed E-state index contributed by atoms with van der Waals surface area (Å²) in [5, 5.41) is 7.01. The Labute approximate surface area is 167 Å². The number of carbonyl (C=O) groups is 1. The summed E-state index contributed by atoms with van der Waals surface area (Å²) in [6.07, 6.45) is 4.41. The first-order valence-electron chi connectivity index (χ1n) is 8.04. The van der Waals surface area contributed by atoms with Crippen molar-refractivity contribution in [2.45, 2.75) is 19.6 Å². The summed E-state index contributed by atoms with van der Waals surface area (Å²) >= 11 is 6.77. The molecule has 0 unspecified atom stereocenters. The van der Waals surface area contributed by atoms with Crippen LogP contribution in [0.5, 0.6) is 5.75 Å². The molecule has 2 aromatic heterocycles. The molecule has 0 aliphatic rings. The van der Waals surface area contributed by atoms with Crippen molar-refractivity contribution in [2.75, 3.05) is 6.54 Å². The van der Waals surface area contributed by atoms with Crippen molar-refractivity contribution in [3.05, 3.63) is 69.3 Å². The Balaban J connectivity index is 1.43. The smallest absolute Gasteiger partial charge is 0.286 e. The van der Waals surface area contributed by atoms with Crippen molar-refractivity contribution in [1.82, 2.24) is 15.1 Å². The molecule has 1 amide bonds. The van der Waals surface area contributed by atoms with E-state index >= 15 is 0 Å². The molecule has 136 valence electrons. The number of carbonyl (C=O) groups excluding carboxylic acids is 1. The second kappa shape index (κ2) is 9.05. The lowest BCUT2D eigenvalue weighted by atomic mass is 10.3. The van der Waals surface area contributed by atoms with Crippen molar-refractivity contribution in [2.24, 2.45) is 0 Å². The normalized spacial score (nSPS) is 10.7. The number of aromatic nitrogens is 2. The zero-order valence-corrected chi connectivity index (χ0v) is 17.0. The Morgan fingerprint density at radius 2 is 2.08 bits per heavy atom. The van der Waals surface area contributed by atoms with Crippen LogP contribution in [0.15, 0.2) is 62.2 Å². The predicted octanol–water partition coefficient (Wildman–Crippen LogP) is 4.40. The number of rotatable bonds is 8. The Hall–Kier alpha value is -2.06. The summed E-state index contributed by atoms with van der Waals surface area (Å²) in [7, 11) is 0. The molecule has 0 saturated carbocycles. The van der Waals surface area contributed by atoms with Crippen LogP contribution in [0.3, 0.4) is 0 Å². The summed E-state index contributed by atoms with van der Waals surface area (Å²) in [4.78, 5) is 12.1. The van der Waals surface area contributed by atoms with E-state index in [1.54, 1.807) is 18.3 Å². The molecule has 0 radical (unpaired) electrons. The third-order valence-electron chi connectivity index (χ3n) is 3.54. The lowest BCUT2D eigenvalue weighted by molar-refractivity contribution is 0.0920. The van der Waals surface area contributed by atoms with E-state index in [1.165, 1.54) is 0 Å². The van der Waals surface area contributed by atoms with Gasteiger partial charge in [-0.05, 0) is 62.5 Å². The Bertz CT molecular complexity index is 876. The second-order valence-electron chi connectivity index (χ2n) is 5.52. The lowest BCUT2D eigenvalue weighted by Crippen LogP contribution is -2.24. The summed E-state index contributed by atoms with van der Waals surface area (Å²) in [5.41, 5.74) is 0. The van der Waals surface area contributed by atoms with Gasteiger partial charge in [0.2, 0.25) is 0 Å². The SMILES string of the molecule is O=C(NCCCn1cc(Br)cn1)c1ccc(COc2ccccc2Br)o1. The molecular formula is C18H17Br2N3O3. The van der Waals surface area contributed by atoms with Crippen LogP contribution in [0.2, 0.25) is 0 Å². The fraction of sp³-hybridized carbons (Fsp3) is 0.222. The average Bonchev–Trinajstić information content (AvgIpc) is 3.27. The van der Waals surface area contributed by atoms with Gasteiger partial charge in [-0.3, -0.25) is 9.48 Å². The largest absolute Gasteiger partial charge is 0.484 e. The highest BCUT2D eigenvalue weighted by Gasteiger charge is 2.11. The van der Waals surface area contributed by atoms with Gasteiger partial charge in [0.1, 0.15) is 18.1 Å². The molecule has 26 heavy (non-hydrogen) atoms. The molecule has 3 aromatic rings. The van der Waals surface area contributed by atoms with E-state index in [0.717, 1.165) is 27.7 Å². The highest BCUT2D eigenvalue weighted by atomic mass is 79.9. The summed E-state index contributed by atoms with van der Waals surface area (Å²) in [6.45, 7) is 1.53. The number of aryl methyl sites for hydroxylation is 1. The number of benzene rings is 1. The number of furan rings is 1. The van der Waals surface area contributed by atoms with Crippen LogP contribution in [-0.4, -0.2) is 22.2 Å². The molecule has 0 bridgehead atoms. The molecule has 0 spiro atoms. The highest BCUT2D eigenvalue weighted by Crippen LogP contribution is 2.25. The summed E-state index contributed by atoms with van der Waals surface area (Å²) < 4.78 is 14.9.